The van der Waals surface area contributed by atoms with Crippen LogP contribution in [0.3, 0.4) is 0 Å². The zero-order valence-electron chi connectivity index (χ0n) is 15.1. The van der Waals surface area contributed by atoms with Gasteiger partial charge in [-0.15, -0.1) is 0 Å². The number of carbonyl (C=O) groups excluding carboxylic acids is 1. The number of methoxy groups -OCH3 is 3. The fourth-order valence-electron chi connectivity index (χ4n) is 2.90. The first-order valence-corrected chi connectivity index (χ1v) is 8.35. The number of ether oxygens (including phenoxy) is 3. The highest BCUT2D eigenvalue weighted by atomic mass is 16.5. The number of nitrogens with one attached hydrogen (secondary N) is 1. The van der Waals surface area contributed by atoms with Crippen LogP contribution in [0.1, 0.15) is 23.3 Å². The van der Waals surface area contributed by atoms with Gasteiger partial charge in [0, 0.05) is 37.1 Å². The van der Waals surface area contributed by atoms with Gasteiger partial charge in [0.2, 0.25) is 11.7 Å². The molecule has 1 aliphatic rings. The van der Waals surface area contributed by atoms with E-state index in [0.29, 0.717) is 34.6 Å². The van der Waals surface area contributed by atoms with Gasteiger partial charge >= 0.3 is 0 Å². The van der Waals surface area contributed by atoms with Crippen molar-refractivity contribution in [2.24, 2.45) is 0 Å². The number of aromatic nitrogens is 2. The molecule has 2 aromatic rings. The van der Waals surface area contributed by atoms with Crippen molar-refractivity contribution in [3.05, 3.63) is 30.1 Å². The van der Waals surface area contributed by atoms with Crippen LogP contribution in [0.15, 0.2) is 24.4 Å². The normalized spacial score (nSPS) is 13.4. The molecule has 0 aliphatic carbocycles. The number of nitrogens with zero attached hydrogens (tertiary/aromatic N) is 3. The molecule has 138 valence electrons. The quantitative estimate of drug-likeness (QED) is 0.849. The van der Waals surface area contributed by atoms with Crippen LogP contribution in [0, 0.1) is 0 Å². The van der Waals surface area contributed by atoms with Crippen LogP contribution in [-0.4, -0.2) is 55.2 Å². The number of amides is 1. The monoisotopic (exact) mass is 358 g/mol. The predicted octanol–water partition coefficient (Wildman–Crippen LogP) is 2.48. The van der Waals surface area contributed by atoms with Crippen LogP contribution in [-0.2, 0) is 0 Å². The lowest BCUT2D eigenvalue weighted by Crippen LogP contribution is -2.28. The molecule has 1 saturated heterocycles. The molecule has 1 fully saturated rings. The minimum atomic E-state index is -0.0714. The minimum absolute atomic E-state index is 0.0714. The first-order chi connectivity index (χ1) is 12.7. The smallest absolute Gasteiger partial charge is 0.272 e. The Balaban J connectivity index is 1.85. The average molecular weight is 358 g/mol. The van der Waals surface area contributed by atoms with E-state index < -0.39 is 0 Å². The summed E-state index contributed by atoms with van der Waals surface area (Å²) in [4.78, 5) is 22.8. The third kappa shape index (κ3) is 3.63. The SMILES string of the molecule is COc1cc(Nc2nccc(C(=O)N3CCCC3)n2)cc(OC)c1OC. The van der Waals surface area contributed by atoms with Gasteiger partial charge in [-0.25, -0.2) is 9.97 Å². The van der Waals surface area contributed by atoms with Gasteiger partial charge in [0.1, 0.15) is 5.69 Å². The van der Waals surface area contributed by atoms with E-state index >= 15 is 0 Å². The molecule has 3 rings (SSSR count). The van der Waals surface area contributed by atoms with Crippen LogP contribution >= 0.6 is 0 Å². The van der Waals surface area contributed by atoms with Gasteiger partial charge in [-0.3, -0.25) is 4.79 Å². The van der Waals surface area contributed by atoms with Gasteiger partial charge < -0.3 is 24.4 Å². The minimum Gasteiger partial charge on any atom is -0.493 e. The van der Waals surface area contributed by atoms with Gasteiger partial charge in [-0.2, -0.15) is 0 Å². The van der Waals surface area contributed by atoms with Gasteiger partial charge in [0.05, 0.1) is 21.3 Å². The molecule has 0 radical (unpaired) electrons. The Morgan fingerprint density at radius 1 is 1.08 bits per heavy atom. The lowest BCUT2D eigenvalue weighted by molar-refractivity contribution is 0.0787. The highest BCUT2D eigenvalue weighted by Crippen LogP contribution is 2.40. The zero-order valence-corrected chi connectivity index (χ0v) is 15.1. The van der Waals surface area contributed by atoms with E-state index in [1.807, 2.05) is 4.90 Å². The summed E-state index contributed by atoms with van der Waals surface area (Å²) in [6.45, 7) is 1.55. The fraction of sp³-hybridized carbons (Fsp3) is 0.389. The maximum atomic E-state index is 12.5. The molecule has 8 heteroatoms. The van der Waals surface area contributed by atoms with Crippen molar-refractivity contribution in [2.75, 3.05) is 39.7 Å². The van der Waals surface area contributed by atoms with Crippen LogP contribution in [0.2, 0.25) is 0 Å². The first kappa shape index (κ1) is 17.8. The maximum Gasteiger partial charge on any atom is 0.272 e. The number of carbonyl (C=O) groups is 1. The number of rotatable bonds is 6. The van der Waals surface area contributed by atoms with Crippen LogP contribution in [0.4, 0.5) is 11.6 Å². The number of hydrogen-bond donors (Lipinski definition) is 1. The molecule has 1 aromatic heterocycles. The number of anilines is 2. The molecule has 8 nitrogen and oxygen atoms in total. The van der Waals surface area contributed by atoms with E-state index in [4.69, 9.17) is 14.2 Å². The molecule has 26 heavy (non-hydrogen) atoms. The average Bonchev–Trinajstić information content (AvgIpc) is 3.21. The second-order valence-corrected chi connectivity index (χ2v) is 5.80. The third-order valence-corrected chi connectivity index (χ3v) is 4.19. The summed E-state index contributed by atoms with van der Waals surface area (Å²) in [5, 5.41) is 3.08. The predicted molar refractivity (Wildman–Crippen MR) is 96.6 cm³/mol. The molecular formula is C18H22N4O4. The fourth-order valence-corrected chi connectivity index (χ4v) is 2.90. The molecule has 1 aliphatic heterocycles. The van der Waals surface area contributed by atoms with Gasteiger partial charge in [0.25, 0.3) is 5.91 Å². The summed E-state index contributed by atoms with van der Waals surface area (Å²) in [5.41, 5.74) is 1.03. The Hall–Kier alpha value is -3.03. The highest BCUT2D eigenvalue weighted by molar-refractivity contribution is 5.92. The van der Waals surface area contributed by atoms with Gasteiger partial charge in [0.15, 0.2) is 11.5 Å². The molecule has 2 heterocycles. The number of hydrogen-bond acceptors (Lipinski definition) is 7. The van der Waals surface area contributed by atoms with Crippen LogP contribution in [0.5, 0.6) is 17.2 Å². The standard InChI is InChI=1S/C18H22N4O4/c1-24-14-10-12(11-15(25-2)16(14)26-3)20-18-19-7-6-13(21-18)17(23)22-8-4-5-9-22/h6-7,10-11H,4-5,8-9H2,1-3H3,(H,19,20,21). The lowest BCUT2D eigenvalue weighted by atomic mass is 10.2. The molecule has 0 unspecified atom stereocenters. The van der Waals surface area contributed by atoms with Gasteiger partial charge in [-0.05, 0) is 18.9 Å². The Morgan fingerprint density at radius 3 is 2.31 bits per heavy atom. The Labute approximate surface area is 152 Å². The second kappa shape index (κ2) is 7.90. The second-order valence-electron chi connectivity index (χ2n) is 5.80. The summed E-state index contributed by atoms with van der Waals surface area (Å²) in [5.74, 6) is 1.78. The van der Waals surface area contributed by atoms with Crippen molar-refractivity contribution in [3.8, 4) is 17.2 Å². The van der Waals surface area contributed by atoms with Gasteiger partial charge in [-0.1, -0.05) is 0 Å². The summed E-state index contributed by atoms with van der Waals surface area (Å²) in [6.07, 6.45) is 3.64. The largest absolute Gasteiger partial charge is 0.493 e. The number of likely N-dealkylation sites (tertiary alicyclic amines) is 1. The molecule has 0 bridgehead atoms. The van der Waals surface area contributed by atoms with E-state index in [2.05, 4.69) is 15.3 Å². The molecule has 0 spiro atoms. The van der Waals surface area contributed by atoms with Crippen molar-refractivity contribution in [2.45, 2.75) is 12.8 Å². The summed E-state index contributed by atoms with van der Waals surface area (Å²) in [6, 6.07) is 5.13. The molecule has 0 atom stereocenters. The van der Waals surface area contributed by atoms with Crippen LogP contribution < -0.4 is 19.5 Å². The van der Waals surface area contributed by atoms with E-state index in [0.717, 1.165) is 25.9 Å². The van der Waals surface area contributed by atoms with Crippen LogP contribution in [0.25, 0.3) is 0 Å². The molecular weight excluding hydrogens is 336 g/mol. The van der Waals surface area contributed by atoms with Crippen molar-refractivity contribution in [1.82, 2.24) is 14.9 Å². The summed E-state index contributed by atoms with van der Waals surface area (Å²) < 4.78 is 16.0. The molecule has 1 N–H and O–H groups in total. The Kier molecular flexibility index (Phi) is 5.40. The maximum absolute atomic E-state index is 12.5. The van der Waals surface area contributed by atoms with E-state index in [1.165, 1.54) is 0 Å². The van der Waals surface area contributed by atoms with Crippen molar-refractivity contribution < 1.29 is 19.0 Å². The van der Waals surface area contributed by atoms with Crippen molar-refractivity contribution >= 4 is 17.5 Å². The Bertz CT molecular complexity index is 766. The van der Waals surface area contributed by atoms with Crippen molar-refractivity contribution in [3.63, 3.8) is 0 Å². The lowest BCUT2D eigenvalue weighted by Gasteiger charge is -2.16. The van der Waals surface area contributed by atoms with E-state index in [-0.39, 0.29) is 5.91 Å². The topological polar surface area (TPSA) is 85.8 Å². The molecule has 0 saturated carbocycles. The highest BCUT2D eigenvalue weighted by Gasteiger charge is 2.21. The first-order valence-electron chi connectivity index (χ1n) is 8.35. The Morgan fingerprint density at radius 2 is 1.73 bits per heavy atom. The summed E-state index contributed by atoms with van der Waals surface area (Å²) >= 11 is 0. The van der Waals surface area contributed by atoms with E-state index in [1.54, 1.807) is 45.7 Å². The molecule has 1 aromatic carbocycles. The summed E-state index contributed by atoms with van der Waals surface area (Å²) in [7, 11) is 4.64. The third-order valence-electron chi connectivity index (χ3n) is 4.19. The molecule has 1 amide bonds. The van der Waals surface area contributed by atoms with E-state index in [9.17, 15) is 4.79 Å². The zero-order chi connectivity index (χ0) is 18.5. The van der Waals surface area contributed by atoms with Crippen molar-refractivity contribution in [1.29, 1.82) is 0 Å². The number of benzene rings is 1.